The Morgan fingerprint density at radius 1 is 1.22 bits per heavy atom. The predicted molar refractivity (Wildman–Crippen MR) is 65.5 cm³/mol. The molecule has 1 atom stereocenters. The SMILES string of the molecule is O=C(c1cc(O)cc(O)c1)N1CCCCC1CO. The first-order chi connectivity index (χ1) is 8.61. The molecule has 5 nitrogen and oxygen atoms in total. The summed E-state index contributed by atoms with van der Waals surface area (Å²) in [4.78, 5) is 13.9. The standard InChI is InChI=1S/C13H17NO4/c15-8-10-3-1-2-4-14(10)13(18)9-5-11(16)7-12(17)6-9/h5-7,10,15-17H,1-4,8H2. The minimum Gasteiger partial charge on any atom is -0.508 e. The largest absolute Gasteiger partial charge is 0.508 e. The number of hydrogen-bond acceptors (Lipinski definition) is 4. The van der Waals surface area contributed by atoms with Crippen molar-refractivity contribution in [2.24, 2.45) is 0 Å². The molecule has 2 rings (SSSR count). The predicted octanol–water partition coefficient (Wildman–Crippen LogP) is 1.08. The number of nitrogens with zero attached hydrogens (tertiary/aromatic N) is 1. The summed E-state index contributed by atoms with van der Waals surface area (Å²) < 4.78 is 0. The number of likely N-dealkylation sites (tertiary alicyclic amines) is 1. The van der Waals surface area contributed by atoms with Gasteiger partial charge in [-0.2, -0.15) is 0 Å². The van der Waals surface area contributed by atoms with Gasteiger partial charge < -0.3 is 20.2 Å². The summed E-state index contributed by atoms with van der Waals surface area (Å²) in [5.41, 5.74) is 0.243. The monoisotopic (exact) mass is 251 g/mol. The van der Waals surface area contributed by atoms with Crippen LogP contribution in [0.1, 0.15) is 29.6 Å². The number of phenolic OH excluding ortho intramolecular Hbond substituents is 2. The Bertz CT molecular complexity index is 426. The van der Waals surface area contributed by atoms with Crippen LogP contribution in [0.3, 0.4) is 0 Å². The molecule has 1 amide bonds. The number of hydrogen-bond donors (Lipinski definition) is 3. The van der Waals surface area contributed by atoms with Crippen molar-refractivity contribution in [1.29, 1.82) is 0 Å². The van der Waals surface area contributed by atoms with Gasteiger partial charge in [-0.1, -0.05) is 0 Å². The lowest BCUT2D eigenvalue weighted by Crippen LogP contribution is -2.45. The van der Waals surface area contributed by atoms with Gasteiger partial charge in [-0.3, -0.25) is 4.79 Å². The van der Waals surface area contributed by atoms with Crippen molar-refractivity contribution >= 4 is 5.91 Å². The molecular formula is C13H17NO4. The van der Waals surface area contributed by atoms with E-state index in [-0.39, 0.29) is 35.6 Å². The Labute approximate surface area is 105 Å². The van der Waals surface area contributed by atoms with Crippen LogP contribution < -0.4 is 0 Å². The van der Waals surface area contributed by atoms with Gasteiger partial charge in [0.15, 0.2) is 0 Å². The molecule has 1 aromatic rings. The van der Waals surface area contributed by atoms with E-state index in [2.05, 4.69) is 0 Å². The van der Waals surface area contributed by atoms with E-state index in [4.69, 9.17) is 0 Å². The molecule has 1 saturated heterocycles. The molecule has 5 heteroatoms. The quantitative estimate of drug-likeness (QED) is 0.734. The Kier molecular flexibility index (Phi) is 3.72. The van der Waals surface area contributed by atoms with Crippen LogP contribution in [0.2, 0.25) is 0 Å². The lowest BCUT2D eigenvalue weighted by atomic mass is 10.0. The first-order valence-corrected chi connectivity index (χ1v) is 6.06. The first kappa shape index (κ1) is 12.7. The van der Waals surface area contributed by atoms with E-state index < -0.39 is 0 Å². The molecule has 1 unspecified atom stereocenters. The van der Waals surface area contributed by atoms with E-state index in [1.54, 1.807) is 4.90 Å². The van der Waals surface area contributed by atoms with Crippen LogP contribution in [-0.4, -0.2) is 45.3 Å². The van der Waals surface area contributed by atoms with Gasteiger partial charge in [0.2, 0.25) is 0 Å². The molecular weight excluding hydrogens is 234 g/mol. The number of piperidine rings is 1. The molecule has 3 N–H and O–H groups in total. The van der Waals surface area contributed by atoms with Gasteiger partial charge in [-0.25, -0.2) is 0 Å². The highest BCUT2D eigenvalue weighted by molar-refractivity contribution is 5.95. The van der Waals surface area contributed by atoms with Gasteiger partial charge in [-0.15, -0.1) is 0 Å². The van der Waals surface area contributed by atoms with Gasteiger partial charge in [0.1, 0.15) is 11.5 Å². The van der Waals surface area contributed by atoms with E-state index in [1.165, 1.54) is 18.2 Å². The number of carbonyl (C=O) groups is 1. The van der Waals surface area contributed by atoms with E-state index in [9.17, 15) is 20.1 Å². The number of phenols is 2. The number of aliphatic hydroxyl groups is 1. The normalized spacial score (nSPS) is 19.8. The molecule has 0 aliphatic carbocycles. The third kappa shape index (κ3) is 2.56. The van der Waals surface area contributed by atoms with Crippen molar-refractivity contribution < 1.29 is 20.1 Å². The average molecular weight is 251 g/mol. The molecule has 1 fully saturated rings. The molecule has 0 spiro atoms. The van der Waals surface area contributed by atoms with Crippen LogP contribution in [0.4, 0.5) is 0 Å². The third-order valence-corrected chi connectivity index (χ3v) is 3.25. The maximum absolute atomic E-state index is 12.3. The summed E-state index contributed by atoms with van der Waals surface area (Å²) >= 11 is 0. The summed E-state index contributed by atoms with van der Waals surface area (Å²) in [5, 5.41) is 28.0. The minimum absolute atomic E-state index is 0.0590. The lowest BCUT2D eigenvalue weighted by Gasteiger charge is -2.34. The van der Waals surface area contributed by atoms with Crippen molar-refractivity contribution in [3.8, 4) is 11.5 Å². The second kappa shape index (κ2) is 5.27. The van der Waals surface area contributed by atoms with Crippen LogP contribution in [0, 0.1) is 0 Å². The first-order valence-electron chi connectivity index (χ1n) is 6.06. The highest BCUT2D eigenvalue weighted by atomic mass is 16.3. The lowest BCUT2D eigenvalue weighted by molar-refractivity contribution is 0.0502. The number of amides is 1. The fraction of sp³-hybridized carbons (Fsp3) is 0.462. The summed E-state index contributed by atoms with van der Waals surface area (Å²) in [6, 6.07) is 3.66. The van der Waals surface area contributed by atoms with Gasteiger partial charge in [0, 0.05) is 18.2 Å². The Hall–Kier alpha value is -1.75. The highest BCUT2D eigenvalue weighted by Gasteiger charge is 2.27. The molecule has 98 valence electrons. The molecule has 0 radical (unpaired) electrons. The smallest absolute Gasteiger partial charge is 0.254 e. The van der Waals surface area contributed by atoms with Crippen LogP contribution >= 0.6 is 0 Å². The Morgan fingerprint density at radius 3 is 2.50 bits per heavy atom. The molecule has 1 aromatic carbocycles. The van der Waals surface area contributed by atoms with E-state index in [1.807, 2.05) is 0 Å². The van der Waals surface area contributed by atoms with Gasteiger partial charge >= 0.3 is 0 Å². The Morgan fingerprint density at radius 2 is 1.89 bits per heavy atom. The van der Waals surface area contributed by atoms with Crippen LogP contribution in [0.5, 0.6) is 11.5 Å². The molecule has 1 heterocycles. The molecule has 0 aromatic heterocycles. The third-order valence-electron chi connectivity index (χ3n) is 3.25. The fourth-order valence-corrected chi connectivity index (χ4v) is 2.34. The van der Waals surface area contributed by atoms with E-state index in [0.717, 1.165) is 19.3 Å². The number of aliphatic hydroxyl groups excluding tert-OH is 1. The van der Waals surface area contributed by atoms with Gasteiger partial charge in [-0.05, 0) is 31.4 Å². The fourth-order valence-electron chi connectivity index (χ4n) is 2.34. The number of carbonyl (C=O) groups excluding carboxylic acids is 1. The zero-order valence-corrected chi connectivity index (χ0v) is 10.0. The number of aromatic hydroxyl groups is 2. The van der Waals surface area contributed by atoms with Crippen molar-refractivity contribution in [3.63, 3.8) is 0 Å². The van der Waals surface area contributed by atoms with Crippen molar-refractivity contribution in [2.75, 3.05) is 13.2 Å². The maximum atomic E-state index is 12.3. The number of rotatable bonds is 2. The second-order valence-corrected chi connectivity index (χ2v) is 4.57. The van der Waals surface area contributed by atoms with E-state index >= 15 is 0 Å². The van der Waals surface area contributed by atoms with Crippen LogP contribution in [0.25, 0.3) is 0 Å². The van der Waals surface area contributed by atoms with Crippen molar-refractivity contribution in [2.45, 2.75) is 25.3 Å². The average Bonchev–Trinajstić information content (AvgIpc) is 2.36. The number of benzene rings is 1. The topological polar surface area (TPSA) is 81.0 Å². The summed E-state index contributed by atoms with van der Waals surface area (Å²) in [6.07, 6.45) is 2.69. The zero-order valence-electron chi connectivity index (χ0n) is 10.0. The minimum atomic E-state index is -0.264. The van der Waals surface area contributed by atoms with Crippen LogP contribution in [0.15, 0.2) is 18.2 Å². The molecule has 1 aliphatic heterocycles. The van der Waals surface area contributed by atoms with E-state index in [0.29, 0.717) is 6.54 Å². The maximum Gasteiger partial charge on any atom is 0.254 e. The van der Waals surface area contributed by atoms with Crippen molar-refractivity contribution in [3.05, 3.63) is 23.8 Å². The molecule has 0 bridgehead atoms. The van der Waals surface area contributed by atoms with Gasteiger partial charge in [0.05, 0.1) is 12.6 Å². The molecule has 18 heavy (non-hydrogen) atoms. The highest BCUT2D eigenvalue weighted by Crippen LogP contribution is 2.24. The zero-order chi connectivity index (χ0) is 13.1. The summed E-state index contributed by atoms with van der Waals surface area (Å²) in [7, 11) is 0. The van der Waals surface area contributed by atoms with Gasteiger partial charge in [0.25, 0.3) is 5.91 Å². The summed E-state index contributed by atoms with van der Waals surface area (Å²) in [5.74, 6) is -0.549. The van der Waals surface area contributed by atoms with Crippen LogP contribution in [-0.2, 0) is 0 Å². The van der Waals surface area contributed by atoms with Crippen molar-refractivity contribution in [1.82, 2.24) is 4.90 Å². The molecule has 0 saturated carbocycles. The second-order valence-electron chi connectivity index (χ2n) is 4.57. The Balaban J connectivity index is 2.23. The summed E-state index contributed by atoms with van der Waals surface area (Å²) in [6.45, 7) is 0.539. The molecule has 1 aliphatic rings.